The lowest BCUT2D eigenvalue weighted by atomic mass is 10.0. The first kappa shape index (κ1) is 26.5. The van der Waals surface area contributed by atoms with Gasteiger partial charge < -0.3 is 19.9 Å². The summed E-state index contributed by atoms with van der Waals surface area (Å²) in [6.07, 6.45) is 3.53. The number of phenolic OH excluding ortho intramolecular Hbond substituents is 1. The van der Waals surface area contributed by atoms with Crippen LogP contribution >= 0.6 is 0 Å². The van der Waals surface area contributed by atoms with Crippen LogP contribution in [0.5, 0.6) is 17.2 Å². The summed E-state index contributed by atoms with van der Waals surface area (Å²) in [5.74, 6) is 0.287. The van der Waals surface area contributed by atoms with Crippen LogP contribution in [-0.2, 0) is 17.8 Å². The summed E-state index contributed by atoms with van der Waals surface area (Å²) in [4.78, 5) is 23.3. The van der Waals surface area contributed by atoms with Gasteiger partial charge in [-0.15, -0.1) is 6.58 Å². The Bertz CT molecular complexity index is 1370. The standard InChI is InChI=1S/C28H25N3O6/c1-3-6-21-13-20(14-22(17-29)28(33)30-23-9-11-25(32)12-10-23)16-26(36-4-2)27(21)37-18-19-7-5-8-24(15-19)31(34)35/h3,5,7-16,32H,1,4,6,18H2,2H3,(H,30,33)/b22-14-. The van der Waals surface area contributed by atoms with Crippen molar-refractivity contribution in [1.82, 2.24) is 0 Å². The SMILES string of the molecule is C=CCc1cc(/C=C(/C#N)C(=O)Nc2ccc(O)cc2)cc(OCC)c1OCc1cccc([N+](=O)[O-])c1. The molecule has 3 rings (SSSR count). The number of benzene rings is 3. The number of nitro benzene ring substituents is 1. The van der Waals surface area contributed by atoms with Crippen LogP contribution in [0.15, 0.2) is 78.9 Å². The van der Waals surface area contributed by atoms with Crippen LogP contribution in [0.1, 0.15) is 23.6 Å². The molecule has 0 saturated carbocycles. The fourth-order valence-corrected chi connectivity index (χ4v) is 3.47. The molecule has 0 atom stereocenters. The Morgan fingerprint density at radius 1 is 1.19 bits per heavy atom. The number of ether oxygens (including phenoxy) is 2. The van der Waals surface area contributed by atoms with Gasteiger partial charge in [0.2, 0.25) is 0 Å². The third-order valence-corrected chi connectivity index (χ3v) is 5.12. The van der Waals surface area contributed by atoms with Gasteiger partial charge in [0.1, 0.15) is 24.0 Å². The van der Waals surface area contributed by atoms with E-state index in [0.29, 0.717) is 46.9 Å². The largest absolute Gasteiger partial charge is 0.508 e. The van der Waals surface area contributed by atoms with Gasteiger partial charge in [0.15, 0.2) is 11.5 Å². The molecule has 0 aliphatic heterocycles. The number of anilines is 1. The van der Waals surface area contributed by atoms with Crippen molar-refractivity contribution in [2.75, 3.05) is 11.9 Å². The van der Waals surface area contributed by atoms with E-state index in [-0.39, 0.29) is 23.6 Å². The van der Waals surface area contributed by atoms with Gasteiger partial charge in [-0.3, -0.25) is 14.9 Å². The lowest BCUT2D eigenvalue weighted by molar-refractivity contribution is -0.384. The molecule has 1 amide bonds. The number of nitro groups is 1. The number of hydrogen-bond donors (Lipinski definition) is 2. The quantitative estimate of drug-likeness (QED) is 0.0881. The number of non-ortho nitro benzene ring substituents is 1. The number of rotatable bonds is 11. The van der Waals surface area contributed by atoms with Crippen molar-refractivity contribution in [3.8, 4) is 23.3 Å². The molecule has 0 aromatic heterocycles. The molecule has 0 saturated heterocycles. The Hall–Kier alpha value is -5.10. The van der Waals surface area contributed by atoms with E-state index in [1.165, 1.54) is 42.5 Å². The number of aromatic hydroxyl groups is 1. The average Bonchev–Trinajstić information content (AvgIpc) is 2.88. The average molecular weight is 500 g/mol. The summed E-state index contributed by atoms with van der Waals surface area (Å²) >= 11 is 0. The second-order valence-corrected chi connectivity index (χ2v) is 7.82. The van der Waals surface area contributed by atoms with Gasteiger partial charge in [-0.25, -0.2) is 0 Å². The lowest BCUT2D eigenvalue weighted by Gasteiger charge is -2.17. The van der Waals surface area contributed by atoms with E-state index in [1.807, 2.05) is 13.0 Å². The molecule has 0 spiro atoms. The number of carbonyl (C=O) groups is 1. The highest BCUT2D eigenvalue weighted by Gasteiger charge is 2.16. The van der Waals surface area contributed by atoms with Gasteiger partial charge in [-0.1, -0.05) is 18.2 Å². The summed E-state index contributed by atoms with van der Waals surface area (Å²) in [7, 11) is 0. The molecular formula is C28H25N3O6. The fraction of sp³-hybridized carbons (Fsp3) is 0.143. The van der Waals surface area contributed by atoms with E-state index in [4.69, 9.17) is 9.47 Å². The van der Waals surface area contributed by atoms with Crippen molar-refractivity contribution in [3.63, 3.8) is 0 Å². The molecule has 0 radical (unpaired) electrons. The Morgan fingerprint density at radius 2 is 1.95 bits per heavy atom. The summed E-state index contributed by atoms with van der Waals surface area (Å²) < 4.78 is 11.8. The predicted molar refractivity (Wildman–Crippen MR) is 139 cm³/mol. The van der Waals surface area contributed by atoms with Crippen LogP contribution in [0.25, 0.3) is 6.08 Å². The summed E-state index contributed by atoms with van der Waals surface area (Å²) in [5.41, 5.74) is 2.12. The summed E-state index contributed by atoms with van der Waals surface area (Å²) in [5, 5.41) is 32.7. The Labute approximate surface area is 214 Å². The zero-order valence-corrected chi connectivity index (χ0v) is 20.1. The molecule has 9 nitrogen and oxygen atoms in total. The highest BCUT2D eigenvalue weighted by atomic mass is 16.6. The van der Waals surface area contributed by atoms with Gasteiger partial charge in [0.25, 0.3) is 11.6 Å². The number of phenols is 1. The lowest BCUT2D eigenvalue weighted by Crippen LogP contribution is -2.13. The van der Waals surface area contributed by atoms with Crippen LogP contribution in [-0.4, -0.2) is 22.5 Å². The number of nitriles is 1. The van der Waals surface area contributed by atoms with E-state index >= 15 is 0 Å². The molecule has 0 fully saturated rings. The normalized spacial score (nSPS) is 10.8. The minimum absolute atomic E-state index is 0.0347. The molecule has 0 aliphatic carbocycles. The zero-order valence-electron chi connectivity index (χ0n) is 20.1. The van der Waals surface area contributed by atoms with Crippen molar-refractivity contribution >= 4 is 23.4 Å². The van der Waals surface area contributed by atoms with E-state index in [0.717, 1.165) is 0 Å². The predicted octanol–water partition coefficient (Wildman–Crippen LogP) is 5.55. The number of hydrogen-bond acceptors (Lipinski definition) is 7. The third-order valence-electron chi connectivity index (χ3n) is 5.12. The molecule has 0 aliphatic rings. The second kappa shape index (κ2) is 12.6. The van der Waals surface area contributed by atoms with Gasteiger partial charge in [-0.05, 0) is 66.9 Å². The van der Waals surface area contributed by atoms with Crippen molar-refractivity contribution < 1.29 is 24.3 Å². The first-order valence-corrected chi connectivity index (χ1v) is 11.3. The number of amides is 1. The van der Waals surface area contributed by atoms with Crippen LogP contribution in [0.4, 0.5) is 11.4 Å². The van der Waals surface area contributed by atoms with Gasteiger partial charge >= 0.3 is 0 Å². The molecule has 2 N–H and O–H groups in total. The Kier molecular flexibility index (Phi) is 9.00. The maximum absolute atomic E-state index is 12.7. The monoisotopic (exact) mass is 499 g/mol. The molecule has 0 heterocycles. The molecule has 3 aromatic carbocycles. The van der Waals surface area contributed by atoms with Crippen LogP contribution in [0.3, 0.4) is 0 Å². The third kappa shape index (κ3) is 7.19. The van der Waals surface area contributed by atoms with E-state index < -0.39 is 10.8 Å². The molecule has 0 unspecified atom stereocenters. The minimum Gasteiger partial charge on any atom is -0.508 e. The fourth-order valence-electron chi connectivity index (χ4n) is 3.47. The highest BCUT2D eigenvalue weighted by Crippen LogP contribution is 2.35. The van der Waals surface area contributed by atoms with Crippen molar-refractivity contribution in [3.05, 3.63) is 106 Å². The number of nitrogens with zero attached hydrogens (tertiary/aromatic N) is 2. The molecular weight excluding hydrogens is 474 g/mol. The van der Waals surface area contributed by atoms with Crippen LogP contribution in [0.2, 0.25) is 0 Å². The van der Waals surface area contributed by atoms with Crippen molar-refractivity contribution in [2.45, 2.75) is 20.0 Å². The second-order valence-electron chi connectivity index (χ2n) is 7.82. The molecule has 188 valence electrons. The zero-order chi connectivity index (χ0) is 26.8. The minimum atomic E-state index is -0.609. The van der Waals surface area contributed by atoms with Gasteiger partial charge in [0.05, 0.1) is 11.5 Å². The van der Waals surface area contributed by atoms with E-state index in [2.05, 4.69) is 11.9 Å². The number of carbonyl (C=O) groups excluding carboxylic acids is 1. The molecule has 37 heavy (non-hydrogen) atoms. The van der Waals surface area contributed by atoms with Crippen LogP contribution < -0.4 is 14.8 Å². The molecule has 0 bridgehead atoms. The number of nitrogens with one attached hydrogen (secondary N) is 1. The first-order valence-electron chi connectivity index (χ1n) is 11.3. The molecule has 3 aromatic rings. The summed E-state index contributed by atoms with van der Waals surface area (Å²) in [6.45, 7) is 6.00. The molecule has 9 heteroatoms. The van der Waals surface area contributed by atoms with Crippen molar-refractivity contribution in [1.29, 1.82) is 5.26 Å². The number of allylic oxidation sites excluding steroid dienone is 1. The van der Waals surface area contributed by atoms with Crippen molar-refractivity contribution in [2.24, 2.45) is 0 Å². The maximum atomic E-state index is 12.7. The smallest absolute Gasteiger partial charge is 0.269 e. The Morgan fingerprint density at radius 3 is 2.59 bits per heavy atom. The topological polar surface area (TPSA) is 135 Å². The Balaban J connectivity index is 1.92. The van der Waals surface area contributed by atoms with Crippen LogP contribution in [0, 0.1) is 21.4 Å². The van der Waals surface area contributed by atoms with Gasteiger partial charge in [-0.2, -0.15) is 5.26 Å². The summed E-state index contributed by atoms with van der Waals surface area (Å²) in [6, 6.07) is 17.4. The maximum Gasteiger partial charge on any atom is 0.269 e. The van der Waals surface area contributed by atoms with E-state index in [1.54, 1.807) is 30.3 Å². The van der Waals surface area contributed by atoms with Gasteiger partial charge in [0, 0.05) is 23.4 Å². The van der Waals surface area contributed by atoms with E-state index in [9.17, 15) is 25.3 Å². The highest BCUT2D eigenvalue weighted by molar-refractivity contribution is 6.09. The first-order chi connectivity index (χ1) is 17.8.